The maximum atomic E-state index is 14.0. The number of hydrogen-bond acceptors (Lipinski definition) is 2. The van der Waals surface area contributed by atoms with Crippen LogP contribution in [0.2, 0.25) is 38.8 Å². The Kier molecular flexibility index (Phi) is 6.63. The van der Waals surface area contributed by atoms with E-state index in [0.29, 0.717) is 6.42 Å². The molecule has 24 heavy (non-hydrogen) atoms. The highest BCUT2D eigenvalue weighted by atomic mass is 29.6. The monoisotopic (exact) mass is 404 g/mol. The van der Waals surface area contributed by atoms with Gasteiger partial charge in [-0.25, -0.2) is 17.6 Å². The predicted octanol–water partition coefficient (Wildman–Crippen LogP) is 5.18. The molecule has 1 aliphatic heterocycles. The summed E-state index contributed by atoms with van der Waals surface area (Å²) in [5, 5.41) is 0. The van der Waals surface area contributed by atoms with Gasteiger partial charge in [-0.15, -0.1) is 0 Å². The van der Waals surface area contributed by atoms with E-state index in [4.69, 9.17) is 9.16 Å². The third-order valence-corrected chi connectivity index (χ3v) is 46.4. The molecule has 0 aromatic carbocycles. The second kappa shape index (κ2) is 7.13. The first-order valence-corrected chi connectivity index (χ1v) is 19.2. The lowest BCUT2D eigenvalue weighted by Gasteiger charge is -2.60. The average molecular weight is 405 g/mol. The molecule has 9 heteroatoms. The van der Waals surface area contributed by atoms with Gasteiger partial charge in [0, 0.05) is 13.2 Å². The number of halogens is 4. The minimum absolute atomic E-state index is 0.334. The van der Waals surface area contributed by atoms with Gasteiger partial charge >= 0.3 is 0 Å². The third-order valence-electron chi connectivity index (χ3n) is 6.06. The zero-order valence-corrected chi connectivity index (χ0v) is 19.1. The van der Waals surface area contributed by atoms with Gasteiger partial charge in [0.25, 0.3) is 6.43 Å². The van der Waals surface area contributed by atoms with E-state index in [1.54, 1.807) is 0 Å². The van der Waals surface area contributed by atoms with Crippen LogP contribution < -0.4 is 0 Å². The molecule has 2 nitrogen and oxygen atoms in total. The minimum atomic E-state index is -3.38. The third kappa shape index (κ3) is 4.00. The molecule has 4 unspecified atom stereocenters. The van der Waals surface area contributed by atoms with Crippen molar-refractivity contribution >= 4 is 22.5 Å². The molecule has 0 saturated carbocycles. The molecule has 0 aromatic heterocycles. The molecule has 0 aromatic rings. The molecule has 1 rings (SSSR count). The second-order valence-electron chi connectivity index (χ2n) is 8.82. The summed E-state index contributed by atoms with van der Waals surface area (Å²) in [4.78, 5) is 0. The molecule has 4 atom stereocenters. The Bertz CT molecular complexity index is 448. The van der Waals surface area contributed by atoms with Crippen molar-refractivity contribution < 1.29 is 26.7 Å². The zero-order chi connectivity index (χ0) is 19.1. The highest BCUT2D eigenvalue weighted by molar-refractivity contribution is 7.68. The SMILES string of the molecule is CCC(OC(F)C(F)C(F)F)[Si]1(C)OC(C)(C)C[Si](C)(C)[Si]1(C)C. The largest absolute Gasteiger partial charge is 0.413 e. The summed E-state index contributed by atoms with van der Waals surface area (Å²) >= 11 is 0. The summed E-state index contributed by atoms with van der Waals surface area (Å²) in [5.74, 6) is 0. The van der Waals surface area contributed by atoms with Crippen LogP contribution in [0.25, 0.3) is 0 Å². The first-order valence-electron chi connectivity index (χ1n) is 8.53. The van der Waals surface area contributed by atoms with Crippen molar-refractivity contribution in [1.82, 2.24) is 0 Å². The van der Waals surface area contributed by atoms with Crippen molar-refractivity contribution in [2.75, 3.05) is 0 Å². The van der Waals surface area contributed by atoms with Crippen LogP contribution in [0.15, 0.2) is 0 Å². The highest BCUT2D eigenvalue weighted by Crippen LogP contribution is 2.46. The standard InChI is InChI=1S/C15H32F4O2Si3/c1-9-11(20-14(19)12(16)13(17)18)24(8)21-15(2,3)10-22(4,5)23(24,6)7/h11-14H,9-10H2,1-8H3. The van der Waals surface area contributed by atoms with Gasteiger partial charge in [-0.05, 0) is 32.9 Å². The molecule has 0 bridgehead atoms. The van der Waals surface area contributed by atoms with E-state index < -0.39 is 47.2 Å². The summed E-state index contributed by atoms with van der Waals surface area (Å²) < 4.78 is 64.1. The number of alkyl halides is 4. The molecule has 0 spiro atoms. The van der Waals surface area contributed by atoms with Crippen LogP contribution in [0.1, 0.15) is 27.2 Å². The van der Waals surface area contributed by atoms with E-state index >= 15 is 0 Å². The van der Waals surface area contributed by atoms with Gasteiger partial charge in [-0.2, -0.15) is 0 Å². The van der Waals surface area contributed by atoms with E-state index in [9.17, 15) is 17.6 Å². The van der Waals surface area contributed by atoms with E-state index in [1.807, 2.05) is 27.3 Å². The van der Waals surface area contributed by atoms with Crippen LogP contribution in [0.3, 0.4) is 0 Å². The van der Waals surface area contributed by atoms with E-state index in [0.717, 1.165) is 6.04 Å². The van der Waals surface area contributed by atoms with Crippen LogP contribution in [-0.2, 0) is 9.16 Å². The minimum Gasteiger partial charge on any atom is -0.413 e. The Labute approximate surface area is 146 Å². The molecule has 1 heterocycles. The summed E-state index contributed by atoms with van der Waals surface area (Å²) in [6, 6.07) is 1.01. The molecule has 0 aliphatic carbocycles. The van der Waals surface area contributed by atoms with E-state index in [1.165, 1.54) is 0 Å². The van der Waals surface area contributed by atoms with Gasteiger partial charge in [-0.3, -0.25) is 0 Å². The zero-order valence-electron chi connectivity index (χ0n) is 16.1. The van der Waals surface area contributed by atoms with Crippen LogP contribution in [0.5, 0.6) is 0 Å². The van der Waals surface area contributed by atoms with Crippen LogP contribution >= 0.6 is 0 Å². The van der Waals surface area contributed by atoms with Gasteiger partial charge < -0.3 is 9.16 Å². The first-order chi connectivity index (χ1) is 10.6. The van der Waals surface area contributed by atoms with Crippen molar-refractivity contribution in [2.45, 2.75) is 96.3 Å². The lowest BCUT2D eigenvalue weighted by atomic mass is 10.2. The Balaban J connectivity index is 3.20. The van der Waals surface area contributed by atoms with Gasteiger partial charge in [0.1, 0.15) is 0 Å². The maximum Gasteiger partial charge on any atom is 0.274 e. The second-order valence-corrected chi connectivity index (χ2v) is 35.3. The van der Waals surface area contributed by atoms with Gasteiger partial charge in [-0.1, -0.05) is 33.1 Å². The number of hydrogen-bond donors (Lipinski definition) is 0. The molecular formula is C15H32F4O2Si3. The quantitative estimate of drug-likeness (QED) is 0.449. The van der Waals surface area contributed by atoms with Gasteiger partial charge in [0.05, 0.1) is 12.8 Å². The fourth-order valence-electron chi connectivity index (χ4n) is 4.12. The van der Waals surface area contributed by atoms with Crippen molar-refractivity contribution in [2.24, 2.45) is 0 Å². The molecule has 1 aliphatic rings. The molecule has 1 fully saturated rings. The first kappa shape index (κ1) is 22.3. The lowest BCUT2D eigenvalue weighted by Crippen LogP contribution is -2.82. The van der Waals surface area contributed by atoms with E-state index in [-0.39, 0.29) is 5.60 Å². The summed E-state index contributed by atoms with van der Waals surface area (Å²) in [5.41, 5.74) is -0.947. The van der Waals surface area contributed by atoms with Crippen molar-refractivity contribution in [3.05, 3.63) is 0 Å². The number of rotatable bonds is 6. The van der Waals surface area contributed by atoms with Gasteiger partial charge in [0.2, 0.25) is 20.4 Å². The Morgan fingerprint density at radius 2 is 1.54 bits per heavy atom. The lowest BCUT2D eigenvalue weighted by molar-refractivity contribution is -0.143. The fourth-order valence-corrected chi connectivity index (χ4v) is 38.1. The highest BCUT2D eigenvalue weighted by Gasteiger charge is 2.66. The molecule has 0 amide bonds. The van der Waals surface area contributed by atoms with Crippen LogP contribution in [0.4, 0.5) is 17.6 Å². The Hall–Kier alpha value is 0.291. The molecule has 144 valence electrons. The molecule has 0 N–H and O–H groups in total. The Morgan fingerprint density at radius 1 is 1.04 bits per heavy atom. The van der Waals surface area contributed by atoms with Crippen molar-refractivity contribution in [3.63, 3.8) is 0 Å². The summed E-state index contributed by atoms with van der Waals surface area (Å²) in [7, 11) is -6.14. The van der Waals surface area contributed by atoms with Crippen LogP contribution in [-0.4, -0.2) is 52.8 Å². The normalized spacial score (nSPS) is 32.4. The maximum absolute atomic E-state index is 14.0. The average Bonchev–Trinajstić information content (AvgIpc) is 2.39. The van der Waals surface area contributed by atoms with E-state index in [2.05, 4.69) is 26.2 Å². The summed E-state index contributed by atoms with van der Waals surface area (Å²) in [6.45, 7) is 17.2. The molecule has 1 saturated heterocycles. The fraction of sp³-hybridized carbons (Fsp3) is 1.00. The predicted molar refractivity (Wildman–Crippen MR) is 97.5 cm³/mol. The van der Waals surface area contributed by atoms with Crippen LogP contribution in [0, 0.1) is 0 Å². The smallest absolute Gasteiger partial charge is 0.274 e. The Morgan fingerprint density at radius 3 is 1.96 bits per heavy atom. The molecular weight excluding hydrogens is 372 g/mol. The van der Waals surface area contributed by atoms with Crippen molar-refractivity contribution in [1.29, 1.82) is 0 Å². The number of ether oxygens (including phenoxy) is 1. The van der Waals surface area contributed by atoms with Crippen molar-refractivity contribution in [3.8, 4) is 0 Å². The molecule has 0 radical (unpaired) electrons. The van der Waals surface area contributed by atoms with Gasteiger partial charge in [0.15, 0.2) is 0 Å². The summed E-state index contributed by atoms with van der Waals surface area (Å²) in [6.07, 6.45) is -8.46. The topological polar surface area (TPSA) is 18.5 Å².